The minimum atomic E-state index is -4.72. The number of alkyl halides is 6. The van der Waals surface area contributed by atoms with Gasteiger partial charge in [-0.2, -0.15) is 26.3 Å². The molecule has 0 N–H and O–H groups in total. The first-order valence-electron chi connectivity index (χ1n) is 12.5. The zero-order valence-corrected chi connectivity index (χ0v) is 21.3. The van der Waals surface area contributed by atoms with E-state index >= 15 is 0 Å². The van der Waals surface area contributed by atoms with E-state index in [9.17, 15) is 31.1 Å². The van der Waals surface area contributed by atoms with Crippen molar-refractivity contribution in [1.29, 1.82) is 0 Å². The second kappa shape index (κ2) is 8.15. The minimum Gasteiger partial charge on any atom is -0.373 e. The summed E-state index contributed by atoms with van der Waals surface area (Å²) in [6.45, 7) is 1.52. The van der Waals surface area contributed by atoms with Crippen LogP contribution in [-0.4, -0.2) is 46.5 Å². The fourth-order valence-corrected chi connectivity index (χ4v) is 6.01. The largest absolute Gasteiger partial charge is 0.418 e. The average molecular weight is 554 g/mol. The molecule has 2 aliphatic carbocycles. The monoisotopic (exact) mass is 553 g/mol. The number of fused-ring (bicyclic) bond motifs is 2. The highest BCUT2D eigenvalue weighted by Gasteiger charge is 2.94. The summed E-state index contributed by atoms with van der Waals surface area (Å²) in [6, 6.07) is 3.94. The number of hydrogen-bond acceptors (Lipinski definition) is 6. The number of aryl methyl sites for hydroxylation is 1. The molecule has 7 nitrogen and oxygen atoms in total. The van der Waals surface area contributed by atoms with E-state index in [1.807, 2.05) is 0 Å². The van der Waals surface area contributed by atoms with Crippen LogP contribution in [-0.2, 0) is 16.3 Å². The molecule has 0 bridgehead atoms. The predicted molar refractivity (Wildman–Crippen MR) is 128 cm³/mol. The maximum atomic E-state index is 13.9. The Morgan fingerprint density at radius 3 is 2.41 bits per heavy atom. The Morgan fingerprint density at radius 2 is 1.79 bits per heavy atom. The molecule has 0 spiro atoms. The first kappa shape index (κ1) is 26.0. The Hall–Kier alpha value is -3.22. The van der Waals surface area contributed by atoms with Crippen LogP contribution in [0.15, 0.2) is 29.2 Å². The number of ether oxygens (including phenoxy) is 1. The summed E-state index contributed by atoms with van der Waals surface area (Å²) in [4.78, 5) is 25.3. The van der Waals surface area contributed by atoms with Crippen LogP contribution in [0, 0.1) is 12.3 Å². The summed E-state index contributed by atoms with van der Waals surface area (Å²) in [5.74, 6) is -0.0761. The lowest BCUT2D eigenvalue weighted by molar-refractivity contribution is -0.167. The first-order chi connectivity index (χ1) is 18.2. The lowest BCUT2D eigenvalue weighted by Gasteiger charge is -2.30. The van der Waals surface area contributed by atoms with Gasteiger partial charge in [-0.05, 0) is 50.3 Å². The minimum absolute atomic E-state index is 0.00187. The van der Waals surface area contributed by atoms with Crippen LogP contribution in [0.3, 0.4) is 0 Å². The van der Waals surface area contributed by atoms with E-state index in [2.05, 4.69) is 15.0 Å². The SMILES string of the molecule is Cc1nc2nc(C3CCOC(c4ccc(=O)n(N(C)C)c4)C3)nc(C34CC3(C(F)(F)F)C4)c2cc1C(F)(F)F. The molecule has 0 radical (unpaired) electrons. The van der Waals surface area contributed by atoms with Crippen molar-refractivity contribution in [3.05, 3.63) is 63.1 Å². The second-order valence-electron chi connectivity index (χ2n) is 11.0. The molecule has 4 heterocycles. The van der Waals surface area contributed by atoms with Crippen LogP contribution >= 0.6 is 0 Å². The first-order valence-corrected chi connectivity index (χ1v) is 12.5. The van der Waals surface area contributed by atoms with Crippen molar-refractivity contribution >= 4 is 11.0 Å². The van der Waals surface area contributed by atoms with Gasteiger partial charge in [0.1, 0.15) is 5.82 Å². The molecule has 0 amide bonds. The zero-order valence-electron chi connectivity index (χ0n) is 21.3. The van der Waals surface area contributed by atoms with Crippen LogP contribution < -0.4 is 10.6 Å². The van der Waals surface area contributed by atoms with Crippen LogP contribution in [0.4, 0.5) is 26.3 Å². The third-order valence-corrected chi connectivity index (χ3v) is 8.44. The van der Waals surface area contributed by atoms with Gasteiger partial charge >= 0.3 is 12.4 Å². The number of halogens is 6. The molecule has 2 saturated carbocycles. The van der Waals surface area contributed by atoms with E-state index in [1.165, 1.54) is 17.7 Å². The maximum absolute atomic E-state index is 13.9. The third kappa shape index (κ3) is 3.91. The van der Waals surface area contributed by atoms with E-state index < -0.39 is 34.8 Å². The average Bonchev–Trinajstić information content (AvgIpc) is 3.71. The van der Waals surface area contributed by atoms with Gasteiger partial charge in [-0.1, -0.05) is 0 Å². The second-order valence-corrected chi connectivity index (χ2v) is 11.0. The fourth-order valence-electron chi connectivity index (χ4n) is 6.01. The molecule has 1 saturated heterocycles. The summed E-state index contributed by atoms with van der Waals surface area (Å²) < 4.78 is 90.0. The molecule has 13 heteroatoms. The molecule has 208 valence electrons. The molecule has 3 fully saturated rings. The van der Waals surface area contributed by atoms with Gasteiger partial charge in [0, 0.05) is 49.7 Å². The summed E-state index contributed by atoms with van der Waals surface area (Å²) in [5, 5.41) is 1.54. The van der Waals surface area contributed by atoms with E-state index in [0.717, 1.165) is 11.6 Å². The van der Waals surface area contributed by atoms with E-state index in [1.54, 1.807) is 31.4 Å². The quantitative estimate of drug-likeness (QED) is 0.427. The van der Waals surface area contributed by atoms with Crippen molar-refractivity contribution in [2.45, 2.75) is 62.4 Å². The molecule has 2 unspecified atom stereocenters. The molecular weight excluding hydrogens is 528 g/mol. The van der Waals surface area contributed by atoms with Crippen LogP contribution in [0.25, 0.3) is 11.0 Å². The van der Waals surface area contributed by atoms with Crippen molar-refractivity contribution in [1.82, 2.24) is 19.6 Å². The van der Waals surface area contributed by atoms with Crippen molar-refractivity contribution in [3.63, 3.8) is 0 Å². The van der Waals surface area contributed by atoms with E-state index in [0.29, 0.717) is 19.4 Å². The maximum Gasteiger partial charge on any atom is 0.418 e. The Morgan fingerprint density at radius 1 is 1.08 bits per heavy atom. The van der Waals surface area contributed by atoms with Gasteiger partial charge in [0.05, 0.1) is 28.5 Å². The van der Waals surface area contributed by atoms with Gasteiger partial charge in [0.15, 0.2) is 5.65 Å². The fraction of sp³-hybridized carbons (Fsp3) is 0.538. The molecule has 0 aromatic carbocycles. The number of aromatic nitrogens is 4. The third-order valence-electron chi connectivity index (χ3n) is 8.44. The lowest BCUT2D eigenvalue weighted by atomic mass is 9.91. The Labute approximate surface area is 218 Å². The molecule has 6 rings (SSSR count). The van der Waals surface area contributed by atoms with Gasteiger partial charge in [0.25, 0.3) is 5.56 Å². The van der Waals surface area contributed by atoms with Gasteiger partial charge in [0.2, 0.25) is 0 Å². The number of nitrogens with zero attached hydrogens (tertiary/aromatic N) is 5. The summed E-state index contributed by atoms with van der Waals surface area (Å²) in [7, 11) is 3.44. The molecule has 3 aromatic heterocycles. The zero-order chi connectivity index (χ0) is 28.1. The molecule has 2 atom stereocenters. The highest BCUT2D eigenvalue weighted by atomic mass is 19.4. The normalized spacial score (nSPS) is 28.3. The van der Waals surface area contributed by atoms with Crippen molar-refractivity contribution in [2.75, 3.05) is 25.7 Å². The topological polar surface area (TPSA) is 73.1 Å². The van der Waals surface area contributed by atoms with E-state index in [-0.39, 0.29) is 52.6 Å². The summed E-state index contributed by atoms with van der Waals surface area (Å²) >= 11 is 0. The number of pyridine rings is 2. The van der Waals surface area contributed by atoms with Gasteiger partial charge in [-0.3, -0.25) is 4.79 Å². The van der Waals surface area contributed by atoms with Crippen LogP contribution in [0.1, 0.15) is 66.0 Å². The number of hydrogen-bond donors (Lipinski definition) is 0. The lowest BCUT2D eigenvalue weighted by Crippen LogP contribution is -2.35. The molecule has 3 aliphatic rings. The molecular formula is C26H25F6N5O2. The number of rotatable bonds is 4. The Bertz CT molecular complexity index is 1540. The standard InChI is InChI=1S/C26H25F6N5O2/c1-13-17(25(27,28)29)9-16-20(23-11-24(23,12-23)26(30,31)32)34-21(35-22(16)33-13)14-6-7-39-18(8-14)15-4-5-19(38)37(10-15)36(2)3/h4-5,9-10,14,18H,6-8,11-12H2,1-3H3. The molecule has 1 aliphatic heterocycles. The molecule has 3 aromatic rings. The van der Waals surface area contributed by atoms with E-state index in [4.69, 9.17) is 4.74 Å². The summed E-state index contributed by atoms with van der Waals surface area (Å²) in [6.07, 6.45) is -7.51. The molecule has 39 heavy (non-hydrogen) atoms. The van der Waals surface area contributed by atoms with Gasteiger partial charge in [-0.25, -0.2) is 19.6 Å². The Kier molecular flexibility index (Phi) is 5.44. The Balaban J connectivity index is 1.43. The predicted octanol–water partition coefficient (Wildman–Crippen LogP) is 4.94. The van der Waals surface area contributed by atoms with Crippen LogP contribution in [0.2, 0.25) is 0 Å². The van der Waals surface area contributed by atoms with Gasteiger partial charge < -0.3 is 9.75 Å². The smallest absolute Gasteiger partial charge is 0.373 e. The van der Waals surface area contributed by atoms with Gasteiger partial charge in [-0.15, -0.1) is 0 Å². The highest BCUT2D eigenvalue weighted by Crippen LogP contribution is 2.90. The van der Waals surface area contributed by atoms with Crippen molar-refractivity contribution in [2.24, 2.45) is 5.41 Å². The van der Waals surface area contributed by atoms with Crippen LogP contribution in [0.5, 0.6) is 0 Å². The summed E-state index contributed by atoms with van der Waals surface area (Å²) in [5.41, 5.74) is -4.11. The van der Waals surface area contributed by atoms with Crippen molar-refractivity contribution < 1.29 is 31.1 Å². The van der Waals surface area contributed by atoms with Crippen molar-refractivity contribution in [3.8, 4) is 0 Å². The highest BCUT2D eigenvalue weighted by molar-refractivity contribution is 5.82.